The third-order valence-electron chi connectivity index (χ3n) is 4.23. The highest BCUT2D eigenvalue weighted by molar-refractivity contribution is 5.76. The molecule has 1 amide bonds. The van der Waals surface area contributed by atoms with Crippen LogP contribution in [0.2, 0.25) is 0 Å². The second-order valence-electron chi connectivity index (χ2n) is 6.55. The summed E-state index contributed by atoms with van der Waals surface area (Å²) in [6.45, 7) is 1.88. The predicted molar refractivity (Wildman–Crippen MR) is 102 cm³/mol. The lowest BCUT2D eigenvalue weighted by molar-refractivity contribution is -0.129. The molecule has 4 nitrogen and oxygen atoms in total. The fourth-order valence-corrected chi connectivity index (χ4v) is 2.69. The molecule has 0 aromatic carbocycles. The molecule has 0 aliphatic carbocycles. The Morgan fingerprint density at radius 2 is 1.38 bits per heavy atom. The molecule has 0 spiro atoms. The Morgan fingerprint density at radius 1 is 0.875 bits per heavy atom. The molecule has 142 valence electrons. The number of carbonyl (C=O) groups is 1. The highest BCUT2D eigenvalue weighted by atomic mass is 16.5. The maximum absolute atomic E-state index is 11.4. The number of allylic oxidation sites excluding steroid dienone is 2. The Hall–Kier alpha value is -0.870. The molecule has 0 fully saturated rings. The molecule has 0 saturated carbocycles. The van der Waals surface area contributed by atoms with Crippen LogP contribution in [0.15, 0.2) is 12.2 Å². The van der Waals surface area contributed by atoms with E-state index in [4.69, 9.17) is 5.11 Å². The summed E-state index contributed by atoms with van der Waals surface area (Å²) in [4.78, 5) is 11.4. The largest absolute Gasteiger partial charge is 0.756 e. The number of carbonyl (C=O) groups excluding carboxylic acids is 1. The summed E-state index contributed by atoms with van der Waals surface area (Å²) in [7, 11) is 0. The van der Waals surface area contributed by atoms with Gasteiger partial charge in [-0.2, -0.15) is 0 Å². The SMILES string of the molecule is CCCCCCCCC=CCCCCCCCC(=O)N([O-])CCO. The van der Waals surface area contributed by atoms with Crippen LogP contribution in [0.25, 0.3) is 0 Å². The fourth-order valence-electron chi connectivity index (χ4n) is 2.69. The summed E-state index contributed by atoms with van der Waals surface area (Å²) >= 11 is 0. The van der Waals surface area contributed by atoms with Gasteiger partial charge in [-0.05, 0) is 32.1 Å². The zero-order valence-corrected chi connectivity index (χ0v) is 15.7. The molecule has 0 aliphatic heterocycles. The molecule has 0 unspecified atom stereocenters. The molecule has 0 heterocycles. The quantitative estimate of drug-likeness (QED) is 0.221. The van der Waals surface area contributed by atoms with Gasteiger partial charge in [0.05, 0.1) is 6.61 Å². The van der Waals surface area contributed by atoms with Crippen molar-refractivity contribution in [1.29, 1.82) is 0 Å². The molecule has 0 atom stereocenters. The van der Waals surface area contributed by atoms with Gasteiger partial charge in [-0.15, -0.1) is 0 Å². The highest BCUT2D eigenvalue weighted by Gasteiger charge is 2.02. The lowest BCUT2D eigenvalue weighted by atomic mass is 10.1. The van der Waals surface area contributed by atoms with Gasteiger partial charge >= 0.3 is 0 Å². The average molecular weight is 341 g/mol. The Labute approximate surface area is 148 Å². The molecule has 0 radical (unpaired) electrons. The van der Waals surface area contributed by atoms with Gasteiger partial charge in [0.25, 0.3) is 0 Å². The van der Waals surface area contributed by atoms with Crippen LogP contribution in [0, 0.1) is 5.21 Å². The van der Waals surface area contributed by atoms with E-state index in [1.807, 2.05) is 0 Å². The second kappa shape index (κ2) is 18.5. The van der Waals surface area contributed by atoms with Crippen molar-refractivity contribution in [3.8, 4) is 0 Å². The molecule has 0 saturated heterocycles. The van der Waals surface area contributed by atoms with Gasteiger partial charge in [-0.25, -0.2) is 0 Å². The molecule has 4 heteroatoms. The number of amides is 1. The van der Waals surface area contributed by atoms with Crippen LogP contribution >= 0.6 is 0 Å². The number of hydrogen-bond acceptors (Lipinski definition) is 3. The third-order valence-corrected chi connectivity index (χ3v) is 4.23. The molecule has 24 heavy (non-hydrogen) atoms. The van der Waals surface area contributed by atoms with Gasteiger partial charge in [0, 0.05) is 13.0 Å². The topological polar surface area (TPSA) is 63.6 Å². The fraction of sp³-hybridized carbons (Fsp3) is 0.850. The van der Waals surface area contributed by atoms with Crippen molar-refractivity contribution in [3.63, 3.8) is 0 Å². The summed E-state index contributed by atoms with van der Waals surface area (Å²) in [6, 6.07) is 0. The smallest absolute Gasteiger partial charge is 0.212 e. The number of nitrogens with zero attached hydrogens (tertiary/aromatic N) is 1. The highest BCUT2D eigenvalue weighted by Crippen LogP contribution is 2.10. The molecule has 0 aliphatic rings. The zero-order valence-electron chi connectivity index (χ0n) is 15.7. The van der Waals surface area contributed by atoms with E-state index in [1.165, 1.54) is 57.8 Å². The molecule has 0 bridgehead atoms. The van der Waals surface area contributed by atoms with E-state index in [0.29, 0.717) is 11.5 Å². The van der Waals surface area contributed by atoms with E-state index in [1.54, 1.807) is 0 Å². The van der Waals surface area contributed by atoms with E-state index in [0.717, 1.165) is 25.7 Å². The first-order chi connectivity index (χ1) is 11.7. The first kappa shape index (κ1) is 23.1. The second-order valence-corrected chi connectivity index (χ2v) is 6.55. The van der Waals surface area contributed by atoms with Gasteiger partial charge in [0.1, 0.15) is 0 Å². The predicted octanol–water partition coefficient (Wildman–Crippen LogP) is 5.34. The summed E-state index contributed by atoms with van der Waals surface area (Å²) in [6.07, 6.45) is 20.7. The monoisotopic (exact) mass is 340 g/mol. The average Bonchev–Trinajstić information content (AvgIpc) is 2.58. The summed E-state index contributed by atoms with van der Waals surface area (Å²) in [5.74, 6) is -0.401. The Morgan fingerprint density at radius 3 is 1.92 bits per heavy atom. The Balaban J connectivity index is 3.24. The van der Waals surface area contributed by atoms with Crippen molar-refractivity contribution >= 4 is 5.91 Å². The molecular weight excluding hydrogens is 302 g/mol. The van der Waals surface area contributed by atoms with Crippen LogP contribution in [-0.2, 0) is 4.79 Å². The third kappa shape index (κ3) is 16.0. The number of aliphatic hydroxyl groups is 1. The number of hydrogen-bond donors (Lipinski definition) is 1. The first-order valence-electron chi connectivity index (χ1n) is 9.95. The molecule has 0 rings (SSSR count). The molecular formula is C20H38NO3-. The lowest BCUT2D eigenvalue weighted by Crippen LogP contribution is -2.27. The Bertz CT molecular complexity index is 305. The maximum atomic E-state index is 11.4. The minimum absolute atomic E-state index is 0.107. The van der Waals surface area contributed by atoms with Crippen LogP contribution < -0.4 is 0 Å². The zero-order chi connectivity index (χ0) is 17.9. The van der Waals surface area contributed by atoms with Crippen LogP contribution in [0.3, 0.4) is 0 Å². The van der Waals surface area contributed by atoms with Crippen LogP contribution in [0.4, 0.5) is 0 Å². The number of hydroxylamine groups is 2. The van der Waals surface area contributed by atoms with Gasteiger partial charge < -0.3 is 15.4 Å². The normalized spacial score (nSPS) is 11.3. The molecule has 1 N–H and O–H groups in total. The van der Waals surface area contributed by atoms with Gasteiger partial charge in [-0.1, -0.05) is 70.4 Å². The van der Waals surface area contributed by atoms with E-state index >= 15 is 0 Å². The lowest BCUT2D eigenvalue weighted by Gasteiger charge is -2.27. The summed E-state index contributed by atoms with van der Waals surface area (Å²) in [5, 5.41) is 20.1. The van der Waals surface area contributed by atoms with E-state index in [-0.39, 0.29) is 13.2 Å². The van der Waals surface area contributed by atoms with Crippen LogP contribution in [0.1, 0.15) is 96.8 Å². The van der Waals surface area contributed by atoms with Gasteiger partial charge in [0.2, 0.25) is 5.91 Å². The standard InChI is InChI=1S/C20H38NO3/c1-2-3-4-5-6-7-8-9-10-11-12-13-14-15-16-17-20(23)21(24)18-19-22/h9-10,22H,2-8,11-19H2,1H3/q-1. The van der Waals surface area contributed by atoms with Crippen LogP contribution in [0.5, 0.6) is 0 Å². The maximum Gasteiger partial charge on any atom is 0.212 e. The van der Waals surface area contributed by atoms with Crippen molar-refractivity contribution in [2.45, 2.75) is 96.8 Å². The van der Waals surface area contributed by atoms with E-state index in [9.17, 15) is 10.0 Å². The van der Waals surface area contributed by atoms with Crippen molar-refractivity contribution in [1.82, 2.24) is 5.06 Å². The van der Waals surface area contributed by atoms with Crippen molar-refractivity contribution in [2.24, 2.45) is 0 Å². The van der Waals surface area contributed by atoms with Crippen LogP contribution in [-0.4, -0.2) is 29.2 Å². The first-order valence-corrected chi connectivity index (χ1v) is 9.95. The van der Waals surface area contributed by atoms with Crippen molar-refractivity contribution < 1.29 is 9.90 Å². The summed E-state index contributed by atoms with van der Waals surface area (Å²) in [5.41, 5.74) is 0. The minimum atomic E-state index is -0.401. The number of aliphatic hydroxyl groups excluding tert-OH is 1. The van der Waals surface area contributed by atoms with E-state index < -0.39 is 5.91 Å². The van der Waals surface area contributed by atoms with Crippen molar-refractivity contribution in [3.05, 3.63) is 17.4 Å². The number of rotatable bonds is 17. The molecule has 0 aromatic heterocycles. The van der Waals surface area contributed by atoms with E-state index in [2.05, 4.69) is 19.1 Å². The minimum Gasteiger partial charge on any atom is -0.756 e. The Kier molecular flexibility index (Phi) is 17.8. The van der Waals surface area contributed by atoms with Crippen molar-refractivity contribution in [2.75, 3.05) is 13.2 Å². The van der Waals surface area contributed by atoms with Gasteiger partial charge in [0.15, 0.2) is 0 Å². The summed E-state index contributed by atoms with van der Waals surface area (Å²) < 4.78 is 0. The van der Waals surface area contributed by atoms with Gasteiger partial charge in [-0.3, -0.25) is 4.79 Å². The number of unbranched alkanes of at least 4 members (excludes halogenated alkanes) is 11. The molecule has 0 aromatic rings.